The summed E-state index contributed by atoms with van der Waals surface area (Å²) in [6.07, 6.45) is 7.32. The molecule has 1 aromatic rings. The number of carbonyl (C=O) groups excluding carboxylic acids is 1. The Kier molecular flexibility index (Phi) is 7.41. The molecule has 20 heavy (non-hydrogen) atoms. The second-order valence-corrected chi connectivity index (χ2v) is 5.38. The maximum absolute atomic E-state index is 11.6. The van der Waals surface area contributed by atoms with Gasteiger partial charge in [0.15, 0.2) is 0 Å². The van der Waals surface area contributed by atoms with Crippen LogP contribution in [0.2, 0.25) is 0 Å². The van der Waals surface area contributed by atoms with Crippen molar-refractivity contribution in [1.82, 2.24) is 0 Å². The van der Waals surface area contributed by atoms with Gasteiger partial charge in [-0.05, 0) is 30.9 Å². The zero-order valence-electron chi connectivity index (χ0n) is 12.6. The van der Waals surface area contributed by atoms with E-state index in [1.165, 1.54) is 5.57 Å². The Balaban J connectivity index is 2.25. The van der Waals surface area contributed by atoms with Gasteiger partial charge < -0.3 is 4.74 Å². The van der Waals surface area contributed by atoms with Crippen molar-refractivity contribution in [2.45, 2.75) is 33.6 Å². The number of hydrogen-bond acceptors (Lipinski definition) is 2. The molecule has 0 N–H and O–H groups in total. The van der Waals surface area contributed by atoms with Crippen LogP contribution in [-0.4, -0.2) is 12.6 Å². The molecule has 0 unspecified atom stereocenters. The molecule has 2 nitrogen and oxygen atoms in total. The molecular weight excluding hydrogens is 248 g/mol. The summed E-state index contributed by atoms with van der Waals surface area (Å²) in [6, 6.07) is 9.63. The number of esters is 1. The van der Waals surface area contributed by atoms with Crippen LogP contribution in [0.15, 0.2) is 54.1 Å². The Morgan fingerprint density at radius 1 is 1.25 bits per heavy atom. The highest BCUT2D eigenvalue weighted by Gasteiger charge is 2.02. The number of allylic oxidation sites excluding steroid dienone is 3. The molecule has 1 rings (SSSR count). The zero-order valence-corrected chi connectivity index (χ0v) is 12.6. The van der Waals surface area contributed by atoms with E-state index < -0.39 is 0 Å². The van der Waals surface area contributed by atoms with E-state index in [2.05, 4.69) is 26.8 Å². The Labute approximate surface area is 122 Å². The van der Waals surface area contributed by atoms with Crippen molar-refractivity contribution in [3.63, 3.8) is 0 Å². The van der Waals surface area contributed by atoms with E-state index in [-0.39, 0.29) is 5.97 Å². The third-order valence-electron chi connectivity index (χ3n) is 2.78. The molecule has 0 bridgehead atoms. The molecule has 108 valence electrons. The lowest BCUT2D eigenvalue weighted by atomic mass is 10.0. The second kappa shape index (κ2) is 9.13. The molecule has 0 amide bonds. The van der Waals surface area contributed by atoms with Crippen LogP contribution in [0.5, 0.6) is 0 Å². The van der Waals surface area contributed by atoms with Crippen molar-refractivity contribution in [3.8, 4) is 0 Å². The summed E-state index contributed by atoms with van der Waals surface area (Å²) in [4.78, 5) is 11.6. The van der Waals surface area contributed by atoms with Gasteiger partial charge in [0.05, 0.1) is 6.42 Å². The molecule has 0 saturated carbocycles. The van der Waals surface area contributed by atoms with Crippen LogP contribution in [0.3, 0.4) is 0 Å². The first kappa shape index (κ1) is 16.2. The van der Waals surface area contributed by atoms with Gasteiger partial charge in [0.1, 0.15) is 6.61 Å². The molecule has 0 spiro atoms. The summed E-state index contributed by atoms with van der Waals surface area (Å²) in [5.41, 5.74) is 2.32. The Bertz CT molecular complexity index is 456. The summed E-state index contributed by atoms with van der Waals surface area (Å²) in [5.74, 6) is 0.479. The van der Waals surface area contributed by atoms with E-state index in [4.69, 9.17) is 4.74 Å². The van der Waals surface area contributed by atoms with E-state index in [0.29, 0.717) is 18.9 Å². The second-order valence-electron chi connectivity index (χ2n) is 5.38. The fourth-order valence-corrected chi connectivity index (χ4v) is 1.95. The molecule has 0 fully saturated rings. The van der Waals surface area contributed by atoms with Crippen LogP contribution in [0.1, 0.15) is 32.8 Å². The third kappa shape index (κ3) is 7.57. The SMILES string of the molecule is C/C(=C\C=C\COC(=O)Cc1ccccc1)CC(C)C. The van der Waals surface area contributed by atoms with E-state index in [0.717, 1.165) is 12.0 Å². The molecule has 0 radical (unpaired) electrons. The van der Waals surface area contributed by atoms with Gasteiger partial charge in [-0.2, -0.15) is 0 Å². The number of carbonyl (C=O) groups is 1. The smallest absolute Gasteiger partial charge is 0.310 e. The van der Waals surface area contributed by atoms with Gasteiger partial charge in [0, 0.05) is 0 Å². The van der Waals surface area contributed by atoms with Crippen LogP contribution in [0, 0.1) is 5.92 Å². The predicted octanol–water partition coefficient (Wildman–Crippen LogP) is 4.32. The molecule has 0 aromatic heterocycles. The number of rotatable bonds is 7. The lowest BCUT2D eigenvalue weighted by Crippen LogP contribution is -2.07. The minimum Gasteiger partial charge on any atom is -0.461 e. The van der Waals surface area contributed by atoms with Gasteiger partial charge in [-0.3, -0.25) is 4.79 Å². The fourth-order valence-electron chi connectivity index (χ4n) is 1.95. The van der Waals surface area contributed by atoms with Crippen LogP contribution in [0.4, 0.5) is 0 Å². The Hall–Kier alpha value is -1.83. The van der Waals surface area contributed by atoms with Crippen LogP contribution >= 0.6 is 0 Å². The normalized spacial score (nSPS) is 12.1. The number of hydrogen-bond donors (Lipinski definition) is 0. The fraction of sp³-hybridized carbons (Fsp3) is 0.389. The Morgan fingerprint density at radius 2 is 1.95 bits per heavy atom. The third-order valence-corrected chi connectivity index (χ3v) is 2.78. The van der Waals surface area contributed by atoms with E-state index in [1.54, 1.807) is 0 Å². The first-order valence-electron chi connectivity index (χ1n) is 7.09. The largest absolute Gasteiger partial charge is 0.461 e. The van der Waals surface area contributed by atoms with Gasteiger partial charge in [-0.1, -0.05) is 61.9 Å². The lowest BCUT2D eigenvalue weighted by molar-refractivity contribution is -0.141. The average molecular weight is 272 g/mol. The summed E-state index contributed by atoms with van der Waals surface area (Å²) < 4.78 is 5.15. The maximum atomic E-state index is 11.6. The quantitative estimate of drug-likeness (QED) is 0.546. The van der Waals surface area contributed by atoms with Gasteiger partial charge in [0.25, 0.3) is 0 Å². The highest BCUT2D eigenvalue weighted by molar-refractivity contribution is 5.72. The van der Waals surface area contributed by atoms with E-state index >= 15 is 0 Å². The maximum Gasteiger partial charge on any atom is 0.310 e. The lowest BCUT2D eigenvalue weighted by Gasteiger charge is -2.03. The van der Waals surface area contributed by atoms with E-state index in [1.807, 2.05) is 42.5 Å². The van der Waals surface area contributed by atoms with Crippen molar-refractivity contribution in [2.24, 2.45) is 5.92 Å². The summed E-state index contributed by atoms with van der Waals surface area (Å²) >= 11 is 0. The van der Waals surface area contributed by atoms with Gasteiger partial charge in [0.2, 0.25) is 0 Å². The van der Waals surface area contributed by atoms with Gasteiger partial charge in [-0.25, -0.2) is 0 Å². The Morgan fingerprint density at radius 3 is 2.60 bits per heavy atom. The molecule has 0 aliphatic rings. The molecule has 0 saturated heterocycles. The van der Waals surface area contributed by atoms with Crippen molar-refractivity contribution < 1.29 is 9.53 Å². The molecule has 0 aliphatic heterocycles. The van der Waals surface area contributed by atoms with E-state index in [9.17, 15) is 4.79 Å². The highest BCUT2D eigenvalue weighted by atomic mass is 16.5. The average Bonchev–Trinajstić information content (AvgIpc) is 2.38. The minimum absolute atomic E-state index is 0.191. The van der Waals surface area contributed by atoms with Crippen molar-refractivity contribution in [2.75, 3.05) is 6.61 Å². The topological polar surface area (TPSA) is 26.3 Å². The van der Waals surface area contributed by atoms with Crippen LogP contribution < -0.4 is 0 Å². The first-order chi connectivity index (χ1) is 9.58. The number of ether oxygens (including phenoxy) is 1. The van der Waals surface area contributed by atoms with Gasteiger partial charge >= 0.3 is 5.97 Å². The van der Waals surface area contributed by atoms with Gasteiger partial charge in [-0.15, -0.1) is 0 Å². The van der Waals surface area contributed by atoms with Crippen molar-refractivity contribution >= 4 is 5.97 Å². The predicted molar refractivity (Wildman–Crippen MR) is 83.5 cm³/mol. The molecule has 0 heterocycles. The number of benzene rings is 1. The van der Waals surface area contributed by atoms with Crippen molar-refractivity contribution in [1.29, 1.82) is 0 Å². The summed E-state index contributed by atoms with van der Waals surface area (Å²) in [6.45, 7) is 6.85. The summed E-state index contributed by atoms with van der Waals surface area (Å²) in [5, 5.41) is 0. The molecule has 0 atom stereocenters. The standard InChI is InChI=1S/C18H24O2/c1-15(2)13-16(3)9-7-8-12-20-18(19)14-17-10-5-4-6-11-17/h4-11,15H,12-14H2,1-3H3/b8-7+,16-9+. The molecular formula is C18H24O2. The molecule has 0 aliphatic carbocycles. The molecule has 1 aromatic carbocycles. The highest BCUT2D eigenvalue weighted by Crippen LogP contribution is 2.09. The zero-order chi connectivity index (χ0) is 14.8. The monoisotopic (exact) mass is 272 g/mol. The summed E-state index contributed by atoms with van der Waals surface area (Å²) in [7, 11) is 0. The van der Waals surface area contributed by atoms with Crippen molar-refractivity contribution in [3.05, 3.63) is 59.7 Å². The minimum atomic E-state index is -0.191. The first-order valence-corrected chi connectivity index (χ1v) is 7.09. The molecule has 2 heteroatoms. The van der Waals surface area contributed by atoms with Crippen LogP contribution in [-0.2, 0) is 16.0 Å². The van der Waals surface area contributed by atoms with Crippen LogP contribution in [0.25, 0.3) is 0 Å².